The first-order valence-corrected chi connectivity index (χ1v) is 4.60. The van der Waals surface area contributed by atoms with Crippen LogP contribution >= 0.6 is 0 Å². The van der Waals surface area contributed by atoms with Gasteiger partial charge in [0.1, 0.15) is 5.78 Å². The summed E-state index contributed by atoms with van der Waals surface area (Å²) in [4.78, 5) is 13.2. The smallest absolute Gasteiger partial charge is 0.135 e. The SMILES string of the molecule is O=C1CCN(Cc2ccoc2)CC1. The molecule has 13 heavy (non-hydrogen) atoms. The second-order valence-corrected chi connectivity index (χ2v) is 3.45. The van der Waals surface area contributed by atoms with Gasteiger partial charge in [-0.3, -0.25) is 9.69 Å². The molecule has 0 unspecified atom stereocenters. The zero-order valence-corrected chi connectivity index (χ0v) is 7.53. The number of carbonyl (C=O) groups is 1. The number of rotatable bonds is 2. The summed E-state index contributed by atoms with van der Waals surface area (Å²) in [6.07, 6.45) is 4.86. The number of carbonyl (C=O) groups excluding carboxylic acids is 1. The summed E-state index contributed by atoms with van der Waals surface area (Å²) < 4.78 is 4.98. The zero-order valence-electron chi connectivity index (χ0n) is 7.53. The average molecular weight is 179 g/mol. The van der Waals surface area contributed by atoms with Crippen molar-refractivity contribution in [2.24, 2.45) is 0 Å². The van der Waals surface area contributed by atoms with Gasteiger partial charge in [-0.1, -0.05) is 0 Å². The first kappa shape index (κ1) is 8.51. The minimum absolute atomic E-state index is 0.392. The van der Waals surface area contributed by atoms with Gasteiger partial charge in [-0.05, 0) is 6.07 Å². The molecule has 3 heteroatoms. The first-order chi connectivity index (χ1) is 6.34. The van der Waals surface area contributed by atoms with Gasteiger partial charge in [0.05, 0.1) is 12.5 Å². The minimum atomic E-state index is 0.392. The molecule has 0 aromatic carbocycles. The topological polar surface area (TPSA) is 33.5 Å². The van der Waals surface area contributed by atoms with Gasteiger partial charge in [-0.2, -0.15) is 0 Å². The van der Waals surface area contributed by atoms with Crippen molar-refractivity contribution >= 4 is 5.78 Å². The molecule has 1 aliphatic heterocycles. The van der Waals surface area contributed by atoms with Crippen LogP contribution in [0, 0.1) is 0 Å². The van der Waals surface area contributed by atoms with Gasteiger partial charge in [0.2, 0.25) is 0 Å². The van der Waals surface area contributed by atoms with Crippen molar-refractivity contribution in [3.63, 3.8) is 0 Å². The van der Waals surface area contributed by atoms with Gasteiger partial charge in [-0.25, -0.2) is 0 Å². The van der Waals surface area contributed by atoms with Gasteiger partial charge in [-0.15, -0.1) is 0 Å². The summed E-state index contributed by atoms with van der Waals surface area (Å²) in [6, 6.07) is 1.97. The number of hydrogen-bond acceptors (Lipinski definition) is 3. The fraction of sp³-hybridized carbons (Fsp3) is 0.500. The lowest BCUT2D eigenvalue weighted by atomic mass is 10.1. The van der Waals surface area contributed by atoms with E-state index in [0.29, 0.717) is 18.6 Å². The van der Waals surface area contributed by atoms with Crippen LogP contribution in [0.25, 0.3) is 0 Å². The van der Waals surface area contributed by atoms with Gasteiger partial charge in [0, 0.05) is 38.0 Å². The van der Waals surface area contributed by atoms with E-state index in [-0.39, 0.29) is 0 Å². The fourth-order valence-corrected chi connectivity index (χ4v) is 1.60. The summed E-state index contributed by atoms with van der Waals surface area (Å²) in [7, 11) is 0. The van der Waals surface area contributed by atoms with Crippen LogP contribution in [0.15, 0.2) is 23.0 Å². The summed E-state index contributed by atoms with van der Waals surface area (Å²) in [5.74, 6) is 0.392. The molecule has 1 fully saturated rings. The fourth-order valence-electron chi connectivity index (χ4n) is 1.60. The van der Waals surface area contributed by atoms with Crippen LogP contribution < -0.4 is 0 Å². The van der Waals surface area contributed by atoms with E-state index in [4.69, 9.17) is 4.42 Å². The number of hydrogen-bond donors (Lipinski definition) is 0. The molecule has 0 atom stereocenters. The van der Waals surface area contributed by atoms with Gasteiger partial charge in [0.15, 0.2) is 0 Å². The molecule has 1 aromatic rings. The van der Waals surface area contributed by atoms with Crippen LogP contribution in [0.5, 0.6) is 0 Å². The predicted molar refractivity (Wildman–Crippen MR) is 48.2 cm³/mol. The maximum Gasteiger partial charge on any atom is 0.135 e. The van der Waals surface area contributed by atoms with Crippen LogP contribution in [0.1, 0.15) is 18.4 Å². The Balaban J connectivity index is 1.86. The molecule has 0 bridgehead atoms. The molecular formula is C10H13NO2. The lowest BCUT2D eigenvalue weighted by Crippen LogP contribution is -2.33. The minimum Gasteiger partial charge on any atom is -0.472 e. The number of likely N-dealkylation sites (tertiary alicyclic amines) is 1. The Morgan fingerprint density at radius 1 is 1.38 bits per heavy atom. The van der Waals surface area contributed by atoms with E-state index in [1.807, 2.05) is 6.07 Å². The Morgan fingerprint density at radius 2 is 2.15 bits per heavy atom. The maximum absolute atomic E-state index is 11.0. The van der Waals surface area contributed by atoms with Crippen molar-refractivity contribution in [3.8, 4) is 0 Å². The molecule has 0 amide bonds. The Morgan fingerprint density at radius 3 is 2.77 bits per heavy atom. The number of ketones is 1. The van der Waals surface area contributed by atoms with Crippen LogP contribution in [0.3, 0.4) is 0 Å². The molecule has 0 saturated carbocycles. The average Bonchev–Trinajstić information content (AvgIpc) is 2.62. The third-order valence-electron chi connectivity index (χ3n) is 2.40. The number of furan rings is 1. The molecule has 3 nitrogen and oxygen atoms in total. The Labute approximate surface area is 77.3 Å². The highest BCUT2D eigenvalue weighted by atomic mass is 16.3. The van der Waals surface area contributed by atoms with E-state index < -0.39 is 0 Å². The number of nitrogens with zero attached hydrogens (tertiary/aromatic N) is 1. The highest BCUT2D eigenvalue weighted by Gasteiger charge is 2.15. The van der Waals surface area contributed by atoms with Crippen molar-refractivity contribution in [1.29, 1.82) is 0 Å². The molecular weight excluding hydrogens is 166 g/mol. The Bertz CT molecular complexity index is 269. The van der Waals surface area contributed by atoms with Crippen LogP contribution in [-0.2, 0) is 11.3 Å². The lowest BCUT2D eigenvalue weighted by Gasteiger charge is -2.24. The van der Waals surface area contributed by atoms with Crippen LogP contribution in [0.2, 0.25) is 0 Å². The molecule has 1 saturated heterocycles. The van der Waals surface area contributed by atoms with Gasteiger partial charge in [0.25, 0.3) is 0 Å². The molecule has 0 radical (unpaired) electrons. The van der Waals surface area contributed by atoms with Crippen molar-refractivity contribution in [3.05, 3.63) is 24.2 Å². The highest BCUT2D eigenvalue weighted by Crippen LogP contribution is 2.10. The monoisotopic (exact) mass is 179 g/mol. The first-order valence-electron chi connectivity index (χ1n) is 4.60. The summed E-state index contributed by atoms with van der Waals surface area (Å²) in [5.41, 5.74) is 1.19. The quantitative estimate of drug-likeness (QED) is 0.688. The van der Waals surface area contributed by atoms with E-state index in [1.165, 1.54) is 5.56 Å². The molecule has 0 N–H and O–H groups in total. The van der Waals surface area contributed by atoms with Crippen molar-refractivity contribution in [1.82, 2.24) is 4.90 Å². The second kappa shape index (κ2) is 3.75. The summed E-state index contributed by atoms with van der Waals surface area (Å²) >= 11 is 0. The van der Waals surface area contributed by atoms with E-state index in [2.05, 4.69) is 4.90 Å². The van der Waals surface area contributed by atoms with Crippen molar-refractivity contribution in [2.45, 2.75) is 19.4 Å². The zero-order chi connectivity index (χ0) is 9.10. The normalized spacial score (nSPS) is 19.2. The molecule has 0 spiro atoms. The molecule has 70 valence electrons. The number of Topliss-reactive ketones (excluding diaryl/α,β-unsaturated/α-hetero) is 1. The largest absolute Gasteiger partial charge is 0.472 e. The Kier molecular flexibility index (Phi) is 2.45. The number of piperidine rings is 1. The van der Waals surface area contributed by atoms with Crippen molar-refractivity contribution < 1.29 is 9.21 Å². The third kappa shape index (κ3) is 2.18. The third-order valence-corrected chi connectivity index (χ3v) is 2.40. The highest BCUT2D eigenvalue weighted by molar-refractivity contribution is 5.79. The maximum atomic E-state index is 11.0. The van der Waals surface area contributed by atoms with Crippen molar-refractivity contribution in [2.75, 3.05) is 13.1 Å². The lowest BCUT2D eigenvalue weighted by molar-refractivity contribution is -0.121. The van der Waals surface area contributed by atoms with Crippen LogP contribution in [0.4, 0.5) is 0 Å². The van der Waals surface area contributed by atoms with E-state index >= 15 is 0 Å². The van der Waals surface area contributed by atoms with Crippen LogP contribution in [-0.4, -0.2) is 23.8 Å². The van der Waals surface area contributed by atoms with E-state index in [9.17, 15) is 4.79 Å². The summed E-state index contributed by atoms with van der Waals surface area (Å²) in [6.45, 7) is 2.69. The van der Waals surface area contributed by atoms with Gasteiger partial charge >= 0.3 is 0 Å². The standard InChI is InChI=1S/C10H13NO2/c12-10-1-4-11(5-2-10)7-9-3-6-13-8-9/h3,6,8H,1-2,4-5,7H2. The molecule has 1 aliphatic rings. The van der Waals surface area contributed by atoms with E-state index in [1.54, 1.807) is 12.5 Å². The van der Waals surface area contributed by atoms with Gasteiger partial charge < -0.3 is 4.42 Å². The molecule has 2 heterocycles. The Hall–Kier alpha value is -1.09. The molecule has 2 rings (SSSR count). The second-order valence-electron chi connectivity index (χ2n) is 3.45. The molecule has 0 aliphatic carbocycles. The predicted octanol–water partition coefficient (Wildman–Crippen LogP) is 1.44. The van der Waals surface area contributed by atoms with E-state index in [0.717, 1.165) is 19.6 Å². The molecule has 1 aromatic heterocycles. The summed E-state index contributed by atoms with van der Waals surface area (Å²) in [5, 5.41) is 0.